The van der Waals surface area contributed by atoms with Crippen LogP contribution in [0.2, 0.25) is 5.02 Å². The zero-order valence-electron chi connectivity index (χ0n) is 11.9. The van der Waals surface area contributed by atoms with Gasteiger partial charge in [0.05, 0.1) is 5.69 Å². The normalized spacial score (nSPS) is 12.1. The number of nitrogens with zero attached hydrogens (tertiary/aromatic N) is 1. The van der Waals surface area contributed by atoms with Gasteiger partial charge in [-0.15, -0.1) is 0 Å². The molecule has 21 heavy (non-hydrogen) atoms. The van der Waals surface area contributed by atoms with Gasteiger partial charge in [0.1, 0.15) is 18.5 Å². The summed E-state index contributed by atoms with van der Waals surface area (Å²) in [6.07, 6.45) is -0.578. The molecular formula is C16H19ClN2O2. The van der Waals surface area contributed by atoms with E-state index in [0.29, 0.717) is 23.9 Å². The SMILES string of the molecule is Cc1cccc(CNCC(O)COc2ccc(Cl)cc2)n1. The predicted octanol–water partition coefficient (Wildman–Crippen LogP) is 2.57. The number of hydrogen-bond donors (Lipinski definition) is 2. The van der Waals surface area contributed by atoms with Gasteiger partial charge in [0, 0.05) is 23.8 Å². The van der Waals surface area contributed by atoms with E-state index in [1.165, 1.54) is 0 Å². The first-order valence-corrected chi connectivity index (χ1v) is 7.21. The highest BCUT2D eigenvalue weighted by Gasteiger charge is 2.05. The number of aryl methyl sites for hydroxylation is 1. The van der Waals surface area contributed by atoms with Crippen molar-refractivity contribution in [2.75, 3.05) is 13.2 Å². The number of aliphatic hydroxyl groups excluding tert-OH is 1. The van der Waals surface area contributed by atoms with Crippen LogP contribution in [-0.4, -0.2) is 29.3 Å². The Morgan fingerprint density at radius 3 is 2.71 bits per heavy atom. The summed E-state index contributed by atoms with van der Waals surface area (Å²) in [5.41, 5.74) is 1.95. The molecule has 5 heteroatoms. The van der Waals surface area contributed by atoms with Gasteiger partial charge in [-0.2, -0.15) is 0 Å². The summed E-state index contributed by atoms with van der Waals surface area (Å²) in [5, 5.41) is 13.7. The zero-order chi connectivity index (χ0) is 15.1. The van der Waals surface area contributed by atoms with Crippen LogP contribution in [-0.2, 0) is 6.54 Å². The molecule has 1 unspecified atom stereocenters. The first-order valence-electron chi connectivity index (χ1n) is 6.83. The lowest BCUT2D eigenvalue weighted by Crippen LogP contribution is -2.31. The van der Waals surface area contributed by atoms with Gasteiger partial charge >= 0.3 is 0 Å². The molecule has 1 aromatic carbocycles. The third-order valence-corrected chi connectivity index (χ3v) is 3.14. The van der Waals surface area contributed by atoms with E-state index in [2.05, 4.69) is 10.3 Å². The van der Waals surface area contributed by atoms with Crippen LogP contribution in [0.4, 0.5) is 0 Å². The van der Waals surface area contributed by atoms with E-state index in [1.54, 1.807) is 24.3 Å². The van der Waals surface area contributed by atoms with E-state index in [4.69, 9.17) is 16.3 Å². The summed E-state index contributed by atoms with van der Waals surface area (Å²) >= 11 is 5.79. The summed E-state index contributed by atoms with van der Waals surface area (Å²) in [5.74, 6) is 0.693. The van der Waals surface area contributed by atoms with Crippen molar-refractivity contribution in [1.82, 2.24) is 10.3 Å². The molecule has 0 radical (unpaired) electrons. The van der Waals surface area contributed by atoms with Crippen molar-refractivity contribution in [2.45, 2.75) is 19.6 Å². The van der Waals surface area contributed by atoms with Gasteiger partial charge in [-0.3, -0.25) is 4.98 Å². The van der Waals surface area contributed by atoms with Crippen molar-refractivity contribution in [3.63, 3.8) is 0 Å². The minimum Gasteiger partial charge on any atom is -0.491 e. The van der Waals surface area contributed by atoms with Gasteiger partial charge in [0.2, 0.25) is 0 Å². The topological polar surface area (TPSA) is 54.4 Å². The van der Waals surface area contributed by atoms with Crippen LogP contribution in [0.3, 0.4) is 0 Å². The minimum atomic E-state index is -0.578. The summed E-state index contributed by atoms with van der Waals surface area (Å²) in [4.78, 5) is 4.38. The molecule has 0 saturated heterocycles. The molecule has 1 atom stereocenters. The van der Waals surface area contributed by atoms with Crippen molar-refractivity contribution in [3.8, 4) is 5.75 Å². The van der Waals surface area contributed by atoms with Crippen molar-refractivity contribution in [1.29, 1.82) is 0 Å². The molecule has 0 aliphatic carbocycles. The summed E-state index contributed by atoms with van der Waals surface area (Å²) in [7, 11) is 0. The van der Waals surface area contributed by atoms with Crippen molar-refractivity contribution in [3.05, 3.63) is 58.9 Å². The highest BCUT2D eigenvalue weighted by atomic mass is 35.5. The Hall–Kier alpha value is -1.62. The molecule has 1 aromatic heterocycles. The molecule has 112 valence electrons. The number of ether oxygens (including phenoxy) is 1. The quantitative estimate of drug-likeness (QED) is 0.825. The fourth-order valence-corrected chi connectivity index (χ4v) is 1.97. The fourth-order valence-electron chi connectivity index (χ4n) is 1.85. The molecule has 1 heterocycles. The van der Waals surface area contributed by atoms with Crippen molar-refractivity contribution < 1.29 is 9.84 Å². The van der Waals surface area contributed by atoms with E-state index in [9.17, 15) is 5.11 Å². The first-order chi connectivity index (χ1) is 10.1. The Kier molecular flexibility index (Phi) is 5.99. The Morgan fingerprint density at radius 1 is 1.24 bits per heavy atom. The van der Waals surface area contributed by atoms with Gasteiger partial charge in [-0.25, -0.2) is 0 Å². The van der Waals surface area contributed by atoms with Crippen LogP contribution in [0.25, 0.3) is 0 Å². The Morgan fingerprint density at radius 2 is 2.00 bits per heavy atom. The Bertz CT molecular complexity index is 560. The number of benzene rings is 1. The van der Waals surface area contributed by atoms with E-state index >= 15 is 0 Å². The van der Waals surface area contributed by atoms with Crippen LogP contribution < -0.4 is 10.1 Å². The first kappa shape index (κ1) is 15.8. The Labute approximate surface area is 129 Å². The van der Waals surface area contributed by atoms with Gasteiger partial charge < -0.3 is 15.2 Å². The van der Waals surface area contributed by atoms with Gasteiger partial charge in [-0.05, 0) is 43.3 Å². The number of rotatable bonds is 7. The molecule has 2 N–H and O–H groups in total. The molecule has 0 bridgehead atoms. The number of aliphatic hydroxyl groups is 1. The monoisotopic (exact) mass is 306 g/mol. The van der Waals surface area contributed by atoms with Crippen LogP contribution in [0.15, 0.2) is 42.5 Å². The lowest BCUT2D eigenvalue weighted by Gasteiger charge is -2.13. The third-order valence-electron chi connectivity index (χ3n) is 2.89. The molecule has 2 aromatic rings. The maximum atomic E-state index is 9.86. The molecule has 0 fully saturated rings. The molecule has 4 nitrogen and oxygen atoms in total. The van der Waals surface area contributed by atoms with Crippen LogP contribution >= 0.6 is 11.6 Å². The smallest absolute Gasteiger partial charge is 0.119 e. The lowest BCUT2D eigenvalue weighted by molar-refractivity contribution is 0.106. The minimum absolute atomic E-state index is 0.232. The number of pyridine rings is 1. The third kappa shape index (κ3) is 5.71. The molecule has 2 rings (SSSR count). The average molecular weight is 307 g/mol. The standard InChI is InChI=1S/C16H19ClN2O2/c1-12-3-2-4-14(19-12)9-18-10-15(20)11-21-16-7-5-13(17)6-8-16/h2-8,15,18,20H,9-11H2,1H3. The number of nitrogens with one attached hydrogen (secondary N) is 1. The highest BCUT2D eigenvalue weighted by molar-refractivity contribution is 6.30. The maximum Gasteiger partial charge on any atom is 0.119 e. The second kappa shape index (κ2) is 7.98. The average Bonchev–Trinajstić information content (AvgIpc) is 2.47. The van der Waals surface area contributed by atoms with Crippen LogP contribution in [0.5, 0.6) is 5.75 Å². The molecular weight excluding hydrogens is 288 g/mol. The van der Waals surface area contributed by atoms with E-state index in [0.717, 1.165) is 11.4 Å². The van der Waals surface area contributed by atoms with Gasteiger partial charge in [-0.1, -0.05) is 17.7 Å². The van der Waals surface area contributed by atoms with Crippen LogP contribution in [0.1, 0.15) is 11.4 Å². The fraction of sp³-hybridized carbons (Fsp3) is 0.312. The van der Waals surface area contributed by atoms with Gasteiger partial charge in [0.15, 0.2) is 0 Å². The van der Waals surface area contributed by atoms with Crippen LogP contribution in [0, 0.1) is 6.92 Å². The molecule has 0 aliphatic heterocycles. The Balaban J connectivity index is 1.67. The maximum absolute atomic E-state index is 9.86. The number of aromatic nitrogens is 1. The number of halogens is 1. The van der Waals surface area contributed by atoms with Crippen molar-refractivity contribution in [2.24, 2.45) is 0 Å². The second-order valence-electron chi connectivity index (χ2n) is 4.82. The summed E-state index contributed by atoms with van der Waals surface area (Å²) in [6.45, 7) is 3.26. The molecule has 0 spiro atoms. The summed E-state index contributed by atoms with van der Waals surface area (Å²) < 4.78 is 5.48. The van der Waals surface area contributed by atoms with E-state index < -0.39 is 6.10 Å². The summed E-state index contributed by atoms with van der Waals surface area (Å²) in [6, 6.07) is 12.9. The number of hydrogen-bond acceptors (Lipinski definition) is 4. The molecule has 0 amide bonds. The lowest BCUT2D eigenvalue weighted by atomic mass is 10.3. The van der Waals surface area contributed by atoms with E-state index in [-0.39, 0.29) is 6.61 Å². The largest absolute Gasteiger partial charge is 0.491 e. The second-order valence-corrected chi connectivity index (χ2v) is 5.26. The zero-order valence-corrected chi connectivity index (χ0v) is 12.7. The predicted molar refractivity (Wildman–Crippen MR) is 83.6 cm³/mol. The van der Waals surface area contributed by atoms with Gasteiger partial charge in [0.25, 0.3) is 0 Å². The van der Waals surface area contributed by atoms with E-state index in [1.807, 2.05) is 25.1 Å². The van der Waals surface area contributed by atoms with Crippen molar-refractivity contribution >= 4 is 11.6 Å². The molecule has 0 saturated carbocycles. The molecule has 0 aliphatic rings. The highest BCUT2D eigenvalue weighted by Crippen LogP contribution is 2.15.